The third-order valence-electron chi connectivity index (χ3n) is 4.07. The first kappa shape index (κ1) is 14.2. The van der Waals surface area contributed by atoms with Crippen molar-refractivity contribution in [3.63, 3.8) is 0 Å². The summed E-state index contributed by atoms with van der Waals surface area (Å²) >= 11 is 0. The number of benzene rings is 1. The summed E-state index contributed by atoms with van der Waals surface area (Å²) < 4.78 is 5.74. The number of nitrogens with two attached hydrogens (primary N) is 1. The van der Waals surface area contributed by atoms with Crippen LogP contribution in [0.15, 0.2) is 24.3 Å². The maximum absolute atomic E-state index is 12.5. The van der Waals surface area contributed by atoms with Gasteiger partial charge in [-0.1, -0.05) is 0 Å². The lowest BCUT2D eigenvalue weighted by Gasteiger charge is -2.32. The normalized spacial score (nSPS) is 23.9. The van der Waals surface area contributed by atoms with Gasteiger partial charge in [-0.3, -0.25) is 4.90 Å². The van der Waals surface area contributed by atoms with Crippen LogP contribution in [0, 0.1) is 0 Å². The summed E-state index contributed by atoms with van der Waals surface area (Å²) in [5.41, 5.74) is 7.30. The van der Waals surface area contributed by atoms with Gasteiger partial charge in [-0.2, -0.15) is 0 Å². The van der Waals surface area contributed by atoms with Gasteiger partial charge >= 0.3 is 6.03 Å². The molecule has 2 aliphatic rings. The zero-order valence-corrected chi connectivity index (χ0v) is 12.4. The van der Waals surface area contributed by atoms with E-state index in [0.717, 1.165) is 31.9 Å². The number of hydrogen-bond donors (Lipinski definition) is 1. The second-order valence-corrected chi connectivity index (χ2v) is 5.73. The van der Waals surface area contributed by atoms with Crippen LogP contribution >= 0.6 is 0 Å². The SMILES string of the molecule is CN1CCOC(CN2CCN(c3ccc(N)cc3)C2=O)C1. The lowest BCUT2D eigenvalue weighted by atomic mass is 10.2. The van der Waals surface area contributed by atoms with Crippen LogP contribution in [0.5, 0.6) is 0 Å². The standard InChI is InChI=1S/C15H22N4O2/c1-17-8-9-21-14(10-17)11-18-6-7-19(15(18)20)13-4-2-12(16)3-5-13/h2-5,14H,6-11,16H2,1H3. The van der Waals surface area contributed by atoms with Gasteiger partial charge in [-0.05, 0) is 31.3 Å². The van der Waals surface area contributed by atoms with Gasteiger partial charge in [-0.25, -0.2) is 4.79 Å². The van der Waals surface area contributed by atoms with Crippen molar-refractivity contribution < 1.29 is 9.53 Å². The molecule has 6 heteroatoms. The highest BCUT2D eigenvalue weighted by molar-refractivity contribution is 5.94. The predicted octanol–water partition coefficient (Wildman–Crippen LogP) is 0.841. The van der Waals surface area contributed by atoms with E-state index < -0.39 is 0 Å². The monoisotopic (exact) mass is 290 g/mol. The fourth-order valence-corrected chi connectivity index (χ4v) is 2.87. The van der Waals surface area contributed by atoms with Gasteiger partial charge in [0.25, 0.3) is 0 Å². The largest absolute Gasteiger partial charge is 0.399 e. The zero-order valence-electron chi connectivity index (χ0n) is 12.4. The third-order valence-corrected chi connectivity index (χ3v) is 4.07. The van der Waals surface area contributed by atoms with Gasteiger partial charge in [0.15, 0.2) is 0 Å². The number of hydrogen-bond acceptors (Lipinski definition) is 4. The van der Waals surface area contributed by atoms with E-state index in [-0.39, 0.29) is 12.1 Å². The Balaban J connectivity index is 1.62. The molecule has 0 saturated carbocycles. The Labute approximate surface area is 125 Å². The van der Waals surface area contributed by atoms with Crippen LogP contribution in [0.2, 0.25) is 0 Å². The molecule has 114 valence electrons. The highest BCUT2D eigenvalue weighted by atomic mass is 16.5. The number of amides is 2. The molecule has 0 bridgehead atoms. The Morgan fingerprint density at radius 1 is 1.24 bits per heavy atom. The number of carbonyl (C=O) groups excluding carboxylic acids is 1. The summed E-state index contributed by atoms with van der Waals surface area (Å²) in [5, 5.41) is 0. The Hall–Kier alpha value is -1.79. The number of carbonyl (C=O) groups is 1. The molecule has 21 heavy (non-hydrogen) atoms. The number of urea groups is 1. The average Bonchev–Trinajstić information content (AvgIpc) is 2.81. The molecule has 1 aromatic rings. The molecule has 2 aliphatic heterocycles. The Morgan fingerprint density at radius 3 is 2.71 bits per heavy atom. The molecule has 0 aliphatic carbocycles. The number of morpholine rings is 1. The topological polar surface area (TPSA) is 62.0 Å². The van der Waals surface area contributed by atoms with E-state index in [4.69, 9.17) is 10.5 Å². The Kier molecular flexibility index (Phi) is 3.98. The van der Waals surface area contributed by atoms with Crippen molar-refractivity contribution in [1.29, 1.82) is 0 Å². The molecule has 1 aromatic carbocycles. The first-order valence-corrected chi connectivity index (χ1v) is 7.35. The molecule has 2 N–H and O–H groups in total. The fourth-order valence-electron chi connectivity index (χ4n) is 2.87. The summed E-state index contributed by atoms with van der Waals surface area (Å²) in [6.45, 7) is 4.70. The van der Waals surface area contributed by atoms with E-state index in [1.165, 1.54) is 0 Å². The van der Waals surface area contributed by atoms with Crippen molar-refractivity contribution in [3.8, 4) is 0 Å². The molecule has 0 radical (unpaired) electrons. The summed E-state index contributed by atoms with van der Waals surface area (Å²) in [4.78, 5) is 18.4. The van der Waals surface area contributed by atoms with Crippen LogP contribution in [0.1, 0.15) is 0 Å². The van der Waals surface area contributed by atoms with Crippen LogP contribution in [0.3, 0.4) is 0 Å². The van der Waals surface area contributed by atoms with Gasteiger partial charge in [0.1, 0.15) is 0 Å². The van der Waals surface area contributed by atoms with Gasteiger partial charge in [0.05, 0.1) is 12.7 Å². The second kappa shape index (κ2) is 5.91. The fraction of sp³-hybridized carbons (Fsp3) is 0.533. The zero-order chi connectivity index (χ0) is 14.8. The summed E-state index contributed by atoms with van der Waals surface area (Å²) in [6, 6.07) is 7.48. The molecule has 3 rings (SSSR count). The highest BCUT2D eigenvalue weighted by Crippen LogP contribution is 2.22. The average molecular weight is 290 g/mol. The van der Waals surface area contributed by atoms with E-state index >= 15 is 0 Å². The predicted molar refractivity (Wildman–Crippen MR) is 82.4 cm³/mol. The molecule has 0 spiro atoms. The van der Waals surface area contributed by atoms with Crippen LogP contribution in [-0.4, -0.2) is 68.3 Å². The van der Waals surface area contributed by atoms with Crippen molar-refractivity contribution in [2.75, 3.05) is 57.0 Å². The highest BCUT2D eigenvalue weighted by Gasteiger charge is 2.32. The summed E-state index contributed by atoms with van der Waals surface area (Å²) in [7, 11) is 2.09. The molecule has 2 amide bonds. The molecule has 1 unspecified atom stereocenters. The molecular formula is C15H22N4O2. The summed E-state index contributed by atoms with van der Waals surface area (Å²) in [6.07, 6.45) is 0.110. The van der Waals surface area contributed by atoms with E-state index in [1.54, 1.807) is 4.90 Å². The number of likely N-dealkylation sites (N-methyl/N-ethyl adjacent to an activating group) is 1. The molecule has 0 aromatic heterocycles. The van der Waals surface area contributed by atoms with E-state index in [9.17, 15) is 4.79 Å². The number of anilines is 2. The van der Waals surface area contributed by atoms with Crippen LogP contribution in [-0.2, 0) is 4.74 Å². The maximum atomic E-state index is 12.5. The molecule has 2 heterocycles. The molecule has 6 nitrogen and oxygen atoms in total. The first-order valence-electron chi connectivity index (χ1n) is 7.35. The van der Waals surface area contributed by atoms with Crippen LogP contribution < -0.4 is 10.6 Å². The van der Waals surface area contributed by atoms with E-state index in [2.05, 4.69) is 11.9 Å². The van der Waals surface area contributed by atoms with Crippen molar-refractivity contribution in [3.05, 3.63) is 24.3 Å². The quantitative estimate of drug-likeness (QED) is 0.838. The van der Waals surface area contributed by atoms with E-state index in [0.29, 0.717) is 18.8 Å². The minimum Gasteiger partial charge on any atom is -0.399 e. The van der Waals surface area contributed by atoms with Crippen molar-refractivity contribution in [2.45, 2.75) is 6.10 Å². The lowest BCUT2D eigenvalue weighted by Crippen LogP contribution is -2.47. The van der Waals surface area contributed by atoms with Crippen LogP contribution in [0.25, 0.3) is 0 Å². The van der Waals surface area contributed by atoms with Gasteiger partial charge in [-0.15, -0.1) is 0 Å². The van der Waals surface area contributed by atoms with Gasteiger partial charge in [0, 0.05) is 44.1 Å². The van der Waals surface area contributed by atoms with Gasteiger partial charge < -0.3 is 20.3 Å². The number of nitrogens with zero attached hydrogens (tertiary/aromatic N) is 3. The lowest BCUT2D eigenvalue weighted by molar-refractivity contribution is -0.0286. The smallest absolute Gasteiger partial charge is 0.324 e. The molecule has 2 fully saturated rings. The Morgan fingerprint density at radius 2 is 2.00 bits per heavy atom. The first-order chi connectivity index (χ1) is 10.1. The van der Waals surface area contributed by atoms with Crippen molar-refractivity contribution in [2.24, 2.45) is 0 Å². The molecule has 1 atom stereocenters. The molecular weight excluding hydrogens is 268 g/mol. The number of rotatable bonds is 3. The number of ether oxygens (including phenoxy) is 1. The minimum atomic E-state index is 0.0524. The number of nitrogen functional groups attached to an aromatic ring is 1. The van der Waals surface area contributed by atoms with Gasteiger partial charge in [0.2, 0.25) is 0 Å². The van der Waals surface area contributed by atoms with Crippen LogP contribution in [0.4, 0.5) is 16.2 Å². The van der Waals surface area contributed by atoms with Crippen molar-refractivity contribution >= 4 is 17.4 Å². The molecule has 2 saturated heterocycles. The van der Waals surface area contributed by atoms with Crippen molar-refractivity contribution in [1.82, 2.24) is 9.80 Å². The maximum Gasteiger partial charge on any atom is 0.324 e. The van der Waals surface area contributed by atoms with E-state index in [1.807, 2.05) is 29.2 Å². The second-order valence-electron chi connectivity index (χ2n) is 5.73. The minimum absolute atomic E-state index is 0.0524. The third kappa shape index (κ3) is 3.11. The Bertz CT molecular complexity index is 505. The summed E-state index contributed by atoms with van der Waals surface area (Å²) in [5.74, 6) is 0.